The maximum Gasteiger partial charge on any atom is 0.308 e. The summed E-state index contributed by atoms with van der Waals surface area (Å²) in [6, 6.07) is 15.3. The van der Waals surface area contributed by atoms with Crippen LogP contribution in [0.3, 0.4) is 0 Å². The molecule has 0 radical (unpaired) electrons. The molecule has 1 fully saturated rings. The van der Waals surface area contributed by atoms with Crippen LogP contribution in [-0.4, -0.2) is 41.6 Å². The van der Waals surface area contributed by atoms with Crippen molar-refractivity contribution in [1.29, 1.82) is 0 Å². The highest BCUT2D eigenvalue weighted by atomic mass is 16.5. The van der Waals surface area contributed by atoms with E-state index in [2.05, 4.69) is 0 Å². The predicted octanol–water partition coefficient (Wildman–Crippen LogP) is 2.89. The van der Waals surface area contributed by atoms with Crippen LogP contribution in [0.15, 0.2) is 48.5 Å². The van der Waals surface area contributed by atoms with Gasteiger partial charge < -0.3 is 19.5 Å². The molecule has 2 aromatic rings. The summed E-state index contributed by atoms with van der Waals surface area (Å²) in [5.74, 6) is -0.160. The lowest BCUT2D eigenvalue weighted by atomic mass is 10.1. The molecule has 142 valence electrons. The zero-order valence-electron chi connectivity index (χ0n) is 15.3. The van der Waals surface area contributed by atoms with Gasteiger partial charge in [0.1, 0.15) is 24.7 Å². The Balaban J connectivity index is 1.48. The highest BCUT2D eigenvalue weighted by Gasteiger charge is 2.34. The number of hydrogen-bond acceptors (Lipinski definition) is 4. The number of carboxylic acid groups (broad SMARTS) is 1. The standard InChI is InChI=1S/C21H23NO5/c1-15-5-7-18(8-6-15)26-9-10-27-19-4-2-3-16(11-19)13-22-14-17(21(24)25)12-20(22)23/h2-8,11,17H,9-10,12-14H2,1H3,(H,24,25). The molecular formula is C21H23NO5. The van der Waals surface area contributed by atoms with Crippen molar-refractivity contribution in [2.75, 3.05) is 19.8 Å². The summed E-state index contributed by atoms with van der Waals surface area (Å²) in [4.78, 5) is 24.6. The van der Waals surface area contributed by atoms with E-state index in [0.29, 0.717) is 25.5 Å². The predicted molar refractivity (Wildman–Crippen MR) is 99.8 cm³/mol. The van der Waals surface area contributed by atoms with E-state index in [1.165, 1.54) is 5.56 Å². The second-order valence-corrected chi connectivity index (χ2v) is 6.67. The minimum absolute atomic E-state index is 0.0713. The maximum atomic E-state index is 12.0. The Kier molecular flexibility index (Phi) is 5.96. The van der Waals surface area contributed by atoms with E-state index >= 15 is 0 Å². The number of aryl methyl sites for hydroxylation is 1. The van der Waals surface area contributed by atoms with E-state index < -0.39 is 11.9 Å². The summed E-state index contributed by atoms with van der Waals surface area (Å²) < 4.78 is 11.4. The van der Waals surface area contributed by atoms with Crippen LogP contribution in [0.5, 0.6) is 11.5 Å². The lowest BCUT2D eigenvalue weighted by Gasteiger charge is -2.16. The third-order valence-corrected chi connectivity index (χ3v) is 4.48. The first kappa shape index (κ1) is 18.8. The van der Waals surface area contributed by atoms with Crippen LogP contribution in [0.2, 0.25) is 0 Å². The van der Waals surface area contributed by atoms with Crippen molar-refractivity contribution in [2.45, 2.75) is 19.9 Å². The van der Waals surface area contributed by atoms with Gasteiger partial charge in [-0.15, -0.1) is 0 Å². The lowest BCUT2D eigenvalue weighted by Crippen LogP contribution is -2.25. The van der Waals surface area contributed by atoms with Gasteiger partial charge in [-0.25, -0.2) is 0 Å². The number of carbonyl (C=O) groups is 2. The van der Waals surface area contributed by atoms with Gasteiger partial charge in [0, 0.05) is 19.5 Å². The summed E-state index contributed by atoms with van der Waals surface area (Å²) in [5.41, 5.74) is 2.09. The summed E-state index contributed by atoms with van der Waals surface area (Å²) in [6.07, 6.45) is 0.0713. The van der Waals surface area contributed by atoms with Crippen molar-refractivity contribution < 1.29 is 24.2 Å². The van der Waals surface area contributed by atoms with Crippen LogP contribution in [0.4, 0.5) is 0 Å². The number of aliphatic carboxylic acids is 1. The molecule has 0 spiro atoms. The summed E-state index contributed by atoms with van der Waals surface area (Å²) in [6.45, 7) is 3.50. The normalized spacial score (nSPS) is 16.4. The van der Waals surface area contributed by atoms with Crippen LogP contribution >= 0.6 is 0 Å². The fourth-order valence-electron chi connectivity index (χ4n) is 3.00. The lowest BCUT2D eigenvalue weighted by molar-refractivity contribution is -0.141. The molecule has 1 heterocycles. The highest BCUT2D eigenvalue weighted by molar-refractivity contribution is 5.86. The third-order valence-electron chi connectivity index (χ3n) is 4.48. The summed E-state index contributed by atoms with van der Waals surface area (Å²) in [5, 5.41) is 9.06. The molecule has 1 saturated heterocycles. The molecule has 3 rings (SSSR count). The summed E-state index contributed by atoms with van der Waals surface area (Å²) >= 11 is 0. The molecule has 1 N–H and O–H groups in total. The Morgan fingerprint density at radius 2 is 1.81 bits per heavy atom. The van der Waals surface area contributed by atoms with Crippen molar-refractivity contribution >= 4 is 11.9 Å². The molecule has 0 aliphatic carbocycles. The van der Waals surface area contributed by atoms with Gasteiger partial charge in [0.05, 0.1) is 5.92 Å². The van der Waals surface area contributed by atoms with E-state index in [9.17, 15) is 9.59 Å². The number of benzene rings is 2. The first-order valence-corrected chi connectivity index (χ1v) is 8.93. The van der Waals surface area contributed by atoms with E-state index in [-0.39, 0.29) is 18.9 Å². The Morgan fingerprint density at radius 3 is 2.48 bits per heavy atom. The molecule has 27 heavy (non-hydrogen) atoms. The van der Waals surface area contributed by atoms with Gasteiger partial charge in [0.2, 0.25) is 5.91 Å². The second-order valence-electron chi connectivity index (χ2n) is 6.67. The molecule has 1 atom stereocenters. The Morgan fingerprint density at radius 1 is 1.11 bits per heavy atom. The molecular weight excluding hydrogens is 346 g/mol. The number of hydrogen-bond donors (Lipinski definition) is 1. The van der Waals surface area contributed by atoms with E-state index in [1.807, 2.05) is 55.5 Å². The van der Waals surface area contributed by atoms with Gasteiger partial charge in [-0.1, -0.05) is 29.8 Å². The summed E-state index contributed by atoms with van der Waals surface area (Å²) in [7, 11) is 0. The van der Waals surface area contributed by atoms with Gasteiger partial charge in [0.25, 0.3) is 0 Å². The zero-order valence-corrected chi connectivity index (χ0v) is 15.3. The minimum Gasteiger partial charge on any atom is -0.490 e. The molecule has 2 aromatic carbocycles. The monoisotopic (exact) mass is 369 g/mol. The fourth-order valence-corrected chi connectivity index (χ4v) is 3.00. The van der Waals surface area contributed by atoms with E-state index in [0.717, 1.165) is 11.3 Å². The molecule has 1 unspecified atom stereocenters. The van der Waals surface area contributed by atoms with E-state index in [1.54, 1.807) is 4.90 Å². The molecule has 1 aliphatic rings. The molecule has 1 aliphatic heterocycles. The van der Waals surface area contributed by atoms with Crippen LogP contribution in [0.1, 0.15) is 17.5 Å². The third kappa shape index (κ3) is 5.23. The first-order valence-electron chi connectivity index (χ1n) is 8.93. The maximum absolute atomic E-state index is 12.0. The van der Waals surface area contributed by atoms with Crippen molar-refractivity contribution in [1.82, 2.24) is 4.90 Å². The van der Waals surface area contributed by atoms with Gasteiger partial charge in [-0.2, -0.15) is 0 Å². The second kappa shape index (κ2) is 8.58. The Hall–Kier alpha value is -3.02. The van der Waals surface area contributed by atoms with Crippen molar-refractivity contribution in [3.05, 3.63) is 59.7 Å². The van der Waals surface area contributed by atoms with Crippen LogP contribution in [-0.2, 0) is 16.1 Å². The molecule has 0 saturated carbocycles. The molecule has 0 aromatic heterocycles. The van der Waals surface area contributed by atoms with Crippen LogP contribution in [0, 0.1) is 12.8 Å². The van der Waals surface area contributed by atoms with Crippen LogP contribution in [0.25, 0.3) is 0 Å². The molecule has 6 nitrogen and oxygen atoms in total. The largest absolute Gasteiger partial charge is 0.490 e. The zero-order chi connectivity index (χ0) is 19.2. The van der Waals surface area contributed by atoms with Gasteiger partial charge in [-0.05, 0) is 36.8 Å². The Labute approximate surface area is 158 Å². The number of nitrogens with zero attached hydrogens (tertiary/aromatic N) is 1. The number of carbonyl (C=O) groups excluding carboxylic acids is 1. The number of likely N-dealkylation sites (tertiary alicyclic amines) is 1. The average Bonchev–Trinajstić information content (AvgIpc) is 3.02. The van der Waals surface area contributed by atoms with Crippen molar-refractivity contribution in [2.24, 2.45) is 5.92 Å². The van der Waals surface area contributed by atoms with Crippen LogP contribution < -0.4 is 9.47 Å². The SMILES string of the molecule is Cc1ccc(OCCOc2cccc(CN3CC(C(=O)O)CC3=O)c2)cc1. The molecule has 6 heteroatoms. The van der Waals surface area contributed by atoms with Gasteiger partial charge in [0.15, 0.2) is 0 Å². The average molecular weight is 369 g/mol. The number of carboxylic acids is 1. The smallest absolute Gasteiger partial charge is 0.308 e. The highest BCUT2D eigenvalue weighted by Crippen LogP contribution is 2.22. The fraction of sp³-hybridized carbons (Fsp3) is 0.333. The van der Waals surface area contributed by atoms with Crippen molar-refractivity contribution in [3.8, 4) is 11.5 Å². The van der Waals surface area contributed by atoms with E-state index in [4.69, 9.17) is 14.6 Å². The van der Waals surface area contributed by atoms with Crippen molar-refractivity contribution in [3.63, 3.8) is 0 Å². The number of ether oxygens (including phenoxy) is 2. The quantitative estimate of drug-likeness (QED) is 0.724. The molecule has 1 amide bonds. The van der Waals surface area contributed by atoms with Gasteiger partial charge >= 0.3 is 5.97 Å². The molecule has 0 bridgehead atoms. The first-order chi connectivity index (χ1) is 13.0. The number of rotatable bonds is 8. The minimum atomic E-state index is -0.920. The van der Waals surface area contributed by atoms with Gasteiger partial charge in [-0.3, -0.25) is 9.59 Å². The number of amides is 1. The Bertz CT molecular complexity index is 802. The topological polar surface area (TPSA) is 76.1 Å².